The fourth-order valence-electron chi connectivity index (χ4n) is 3.43. The monoisotopic (exact) mass is 545 g/mol. The van der Waals surface area contributed by atoms with Gasteiger partial charge in [-0.1, -0.05) is 29.3 Å². The normalized spacial score (nSPS) is 11.5. The van der Waals surface area contributed by atoms with Crippen molar-refractivity contribution in [3.8, 4) is 34.2 Å². The van der Waals surface area contributed by atoms with Gasteiger partial charge < -0.3 is 23.6 Å². The van der Waals surface area contributed by atoms with Crippen molar-refractivity contribution in [2.75, 3.05) is 14.2 Å². The summed E-state index contributed by atoms with van der Waals surface area (Å²) in [7, 11) is 3.13. The van der Waals surface area contributed by atoms with Crippen LogP contribution in [-0.2, 0) is 11.3 Å². The fraction of sp³-hybridized carbons (Fsp3) is 0.160. The summed E-state index contributed by atoms with van der Waals surface area (Å²) in [5.74, 6) is 1.43. The standard InChI is InChI=1S/C25H21Cl2N3O5S/c1-4-30-23(14-10-16(33-2)12-17(11-14)34-3)28-29-25(30)36-21(24(31)32)13-15-8-9-20(35-15)18-6-5-7-19(26)22(18)27/h5-13H,4H2,1-3H3,(H,31,32)/b21-13-. The SMILES string of the molecule is CCn1c(S/C(=C\c2ccc(-c3cccc(Cl)c3Cl)o2)C(=O)O)nnc1-c1cc(OC)cc(OC)c1. The summed E-state index contributed by atoms with van der Waals surface area (Å²) >= 11 is 13.4. The number of carbonyl (C=O) groups is 1. The first kappa shape index (κ1) is 25.7. The number of ether oxygens (including phenoxy) is 2. The van der Waals surface area contributed by atoms with E-state index >= 15 is 0 Å². The first-order valence-corrected chi connectivity index (χ1v) is 12.3. The molecule has 8 nitrogen and oxygen atoms in total. The Morgan fingerprint density at radius 3 is 2.47 bits per heavy atom. The van der Waals surface area contributed by atoms with E-state index in [9.17, 15) is 9.90 Å². The van der Waals surface area contributed by atoms with Gasteiger partial charge in [-0.05, 0) is 55.1 Å². The van der Waals surface area contributed by atoms with Gasteiger partial charge in [0, 0.05) is 29.8 Å². The molecule has 4 rings (SSSR count). The Balaban J connectivity index is 1.67. The summed E-state index contributed by atoms with van der Waals surface area (Å²) in [5.41, 5.74) is 1.33. The first-order chi connectivity index (χ1) is 17.3. The van der Waals surface area contributed by atoms with E-state index in [2.05, 4.69) is 10.2 Å². The molecule has 0 aliphatic rings. The molecule has 36 heavy (non-hydrogen) atoms. The highest BCUT2D eigenvalue weighted by molar-refractivity contribution is 8.04. The number of hydrogen-bond donors (Lipinski definition) is 1. The third-order valence-electron chi connectivity index (χ3n) is 5.17. The maximum absolute atomic E-state index is 12.1. The number of halogens is 2. The maximum Gasteiger partial charge on any atom is 0.342 e. The second-order valence-electron chi connectivity index (χ2n) is 7.37. The van der Waals surface area contributed by atoms with E-state index in [4.69, 9.17) is 37.1 Å². The number of aromatic nitrogens is 3. The van der Waals surface area contributed by atoms with Crippen molar-refractivity contribution in [2.24, 2.45) is 0 Å². The summed E-state index contributed by atoms with van der Waals surface area (Å²) in [4.78, 5) is 12.1. The van der Waals surface area contributed by atoms with Crippen LogP contribution in [0.5, 0.6) is 11.5 Å². The lowest BCUT2D eigenvalue weighted by Crippen LogP contribution is -2.03. The molecule has 0 spiro atoms. The van der Waals surface area contributed by atoms with Crippen LogP contribution in [0.2, 0.25) is 10.0 Å². The van der Waals surface area contributed by atoms with Crippen molar-refractivity contribution < 1.29 is 23.8 Å². The average molecular weight is 546 g/mol. The Bertz CT molecular complexity index is 1430. The molecule has 0 saturated carbocycles. The Kier molecular flexibility index (Phi) is 7.93. The molecule has 2 aromatic heterocycles. The molecule has 4 aromatic rings. The Hall–Kier alpha value is -3.40. The van der Waals surface area contributed by atoms with E-state index in [1.54, 1.807) is 50.6 Å². The van der Waals surface area contributed by atoms with Gasteiger partial charge in [0.25, 0.3) is 0 Å². The number of methoxy groups -OCH3 is 2. The molecule has 0 saturated heterocycles. The molecular weight excluding hydrogens is 525 g/mol. The Morgan fingerprint density at radius 2 is 1.83 bits per heavy atom. The molecule has 2 heterocycles. The van der Waals surface area contributed by atoms with E-state index in [-0.39, 0.29) is 4.91 Å². The van der Waals surface area contributed by atoms with Gasteiger partial charge in [0.2, 0.25) is 0 Å². The van der Waals surface area contributed by atoms with E-state index in [1.807, 2.05) is 23.6 Å². The molecule has 11 heteroatoms. The number of furan rings is 1. The zero-order valence-corrected chi connectivity index (χ0v) is 21.8. The number of rotatable bonds is 9. The van der Waals surface area contributed by atoms with Gasteiger partial charge in [-0.25, -0.2) is 4.79 Å². The average Bonchev–Trinajstić information content (AvgIpc) is 3.51. The van der Waals surface area contributed by atoms with Crippen molar-refractivity contribution in [1.82, 2.24) is 14.8 Å². The number of benzene rings is 2. The van der Waals surface area contributed by atoms with Crippen LogP contribution < -0.4 is 9.47 Å². The minimum absolute atomic E-state index is 0.00460. The summed E-state index contributed by atoms with van der Waals surface area (Å²) in [6, 6.07) is 13.9. The molecule has 0 aliphatic heterocycles. The minimum Gasteiger partial charge on any atom is -0.497 e. The molecule has 0 amide bonds. The van der Waals surface area contributed by atoms with Gasteiger partial charge in [0.15, 0.2) is 11.0 Å². The number of carboxylic acid groups (broad SMARTS) is 1. The van der Waals surface area contributed by atoms with E-state index in [0.717, 1.165) is 17.3 Å². The predicted octanol–water partition coefficient (Wildman–Crippen LogP) is 6.77. The zero-order valence-electron chi connectivity index (χ0n) is 19.5. The van der Waals surface area contributed by atoms with E-state index < -0.39 is 5.97 Å². The zero-order chi connectivity index (χ0) is 25.8. The molecule has 0 aliphatic carbocycles. The Labute approximate surface area is 221 Å². The smallest absolute Gasteiger partial charge is 0.342 e. The lowest BCUT2D eigenvalue weighted by atomic mass is 10.2. The summed E-state index contributed by atoms with van der Waals surface area (Å²) < 4.78 is 18.4. The molecule has 0 radical (unpaired) electrons. The second kappa shape index (κ2) is 11.1. The maximum atomic E-state index is 12.1. The van der Waals surface area contributed by atoms with Crippen LogP contribution in [0.25, 0.3) is 28.8 Å². The van der Waals surface area contributed by atoms with Gasteiger partial charge in [0.1, 0.15) is 27.9 Å². The van der Waals surface area contributed by atoms with Crippen LogP contribution in [0.4, 0.5) is 0 Å². The molecule has 0 fully saturated rings. The lowest BCUT2D eigenvalue weighted by molar-refractivity contribution is -0.131. The van der Waals surface area contributed by atoms with Crippen LogP contribution in [0.15, 0.2) is 63.0 Å². The third-order valence-corrected chi connectivity index (χ3v) is 6.99. The van der Waals surface area contributed by atoms with E-state index in [0.29, 0.717) is 56.2 Å². The van der Waals surface area contributed by atoms with Crippen LogP contribution in [-0.4, -0.2) is 40.1 Å². The van der Waals surface area contributed by atoms with Crippen LogP contribution >= 0.6 is 35.0 Å². The van der Waals surface area contributed by atoms with Crippen molar-refractivity contribution >= 4 is 47.0 Å². The Morgan fingerprint density at radius 1 is 1.11 bits per heavy atom. The van der Waals surface area contributed by atoms with Crippen molar-refractivity contribution in [1.29, 1.82) is 0 Å². The van der Waals surface area contributed by atoms with Gasteiger partial charge in [-0.2, -0.15) is 0 Å². The number of thioether (sulfide) groups is 1. The molecule has 2 aromatic carbocycles. The van der Waals surface area contributed by atoms with Crippen molar-refractivity contribution in [3.63, 3.8) is 0 Å². The summed E-state index contributed by atoms with van der Waals surface area (Å²) in [6.07, 6.45) is 1.43. The number of hydrogen-bond acceptors (Lipinski definition) is 7. The minimum atomic E-state index is -1.13. The lowest BCUT2D eigenvalue weighted by Gasteiger charge is -2.10. The molecule has 0 bridgehead atoms. The molecule has 186 valence electrons. The first-order valence-electron chi connectivity index (χ1n) is 10.7. The van der Waals surface area contributed by atoms with Gasteiger partial charge in [0.05, 0.1) is 24.3 Å². The van der Waals surface area contributed by atoms with Crippen LogP contribution in [0.1, 0.15) is 12.7 Å². The van der Waals surface area contributed by atoms with Gasteiger partial charge >= 0.3 is 5.97 Å². The fourth-order valence-corrected chi connectivity index (χ4v) is 4.69. The number of carboxylic acids is 1. The quantitative estimate of drug-likeness (QED) is 0.182. The summed E-state index contributed by atoms with van der Waals surface area (Å²) in [5, 5.41) is 19.6. The van der Waals surface area contributed by atoms with Crippen molar-refractivity contribution in [3.05, 3.63) is 69.2 Å². The van der Waals surface area contributed by atoms with E-state index in [1.165, 1.54) is 6.08 Å². The van der Waals surface area contributed by atoms with Gasteiger partial charge in [-0.3, -0.25) is 0 Å². The highest BCUT2D eigenvalue weighted by Crippen LogP contribution is 2.36. The van der Waals surface area contributed by atoms with Gasteiger partial charge in [-0.15, -0.1) is 10.2 Å². The largest absolute Gasteiger partial charge is 0.497 e. The third kappa shape index (κ3) is 5.38. The predicted molar refractivity (Wildman–Crippen MR) is 140 cm³/mol. The molecular formula is C25H21Cl2N3O5S. The molecule has 0 unspecified atom stereocenters. The van der Waals surface area contributed by atoms with Crippen molar-refractivity contribution in [2.45, 2.75) is 18.6 Å². The van der Waals surface area contributed by atoms with Crippen LogP contribution in [0.3, 0.4) is 0 Å². The second-order valence-corrected chi connectivity index (χ2v) is 9.17. The number of nitrogens with zero attached hydrogens (tertiary/aromatic N) is 3. The molecule has 1 N–H and O–H groups in total. The summed E-state index contributed by atoms with van der Waals surface area (Å²) in [6.45, 7) is 2.43. The highest BCUT2D eigenvalue weighted by atomic mass is 35.5. The van der Waals surface area contributed by atoms with Crippen LogP contribution in [0, 0.1) is 0 Å². The number of aliphatic carboxylic acids is 1. The topological polar surface area (TPSA) is 99.6 Å². The molecule has 0 atom stereocenters. The highest BCUT2D eigenvalue weighted by Gasteiger charge is 2.20.